The van der Waals surface area contributed by atoms with Crippen LogP contribution in [-0.4, -0.2) is 5.91 Å². The topological polar surface area (TPSA) is 55.1 Å². The highest BCUT2D eigenvalue weighted by Crippen LogP contribution is 2.33. The predicted molar refractivity (Wildman–Crippen MR) is 80.3 cm³/mol. The van der Waals surface area contributed by atoms with Crippen LogP contribution in [0, 0.1) is 0 Å². The zero-order valence-corrected chi connectivity index (χ0v) is 11.9. The first-order valence-electron chi connectivity index (χ1n) is 5.29. The monoisotopic (exact) mass is 314 g/mol. The number of halogens is 3. The third-order valence-electron chi connectivity index (χ3n) is 2.42. The van der Waals surface area contributed by atoms with E-state index in [0.717, 1.165) is 0 Å². The zero-order chi connectivity index (χ0) is 14.0. The summed E-state index contributed by atoms with van der Waals surface area (Å²) in [5.41, 5.74) is 6.92. The molecule has 0 aliphatic rings. The minimum atomic E-state index is -0.328. The summed E-state index contributed by atoms with van der Waals surface area (Å²) in [5.74, 6) is -0.328. The molecule has 0 fully saturated rings. The largest absolute Gasteiger partial charge is 0.399 e. The van der Waals surface area contributed by atoms with Crippen LogP contribution in [0.2, 0.25) is 15.1 Å². The summed E-state index contributed by atoms with van der Waals surface area (Å²) in [4.78, 5) is 12.0. The fraction of sp³-hybridized carbons (Fsp3) is 0. The van der Waals surface area contributed by atoms with Crippen LogP contribution < -0.4 is 11.1 Å². The predicted octanol–water partition coefficient (Wildman–Crippen LogP) is 4.48. The molecule has 6 heteroatoms. The SMILES string of the molecule is Nc1ccc(C(=O)Nc2c(Cl)cc(Cl)cc2Cl)cc1. The van der Waals surface area contributed by atoms with Gasteiger partial charge in [0.25, 0.3) is 5.91 Å². The molecule has 0 aliphatic heterocycles. The van der Waals surface area contributed by atoms with Gasteiger partial charge in [0.1, 0.15) is 0 Å². The number of benzene rings is 2. The van der Waals surface area contributed by atoms with Crippen LogP contribution >= 0.6 is 34.8 Å². The average Bonchev–Trinajstić information content (AvgIpc) is 2.34. The maximum Gasteiger partial charge on any atom is 0.255 e. The molecule has 2 aromatic carbocycles. The molecule has 1 amide bonds. The highest BCUT2D eigenvalue weighted by molar-refractivity contribution is 6.42. The average molecular weight is 316 g/mol. The van der Waals surface area contributed by atoms with E-state index in [1.54, 1.807) is 24.3 Å². The van der Waals surface area contributed by atoms with Crippen LogP contribution in [0.5, 0.6) is 0 Å². The van der Waals surface area contributed by atoms with Gasteiger partial charge in [0, 0.05) is 16.3 Å². The summed E-state index contributed by atoms with van der Waals surface area (Å²) in [5, 5.41) is 3.60. The molecule has 0 heterocycles. The lowest BCUT2D eigenvalue weighted by atomic mass is 10.2. The summed E-state index contributed by atoms with van der Waals surface area (Å²) >= 11 is 17.8. The van der Waals surface area contributed by atoms with Gasteiger partial charge in [0.15, 0.2) is 0 Å². The number of amides is 1. The van der Waals surface area contributed by atoms with Gasteiger partial charge in [-0.05, 0) is 36.4 Å². The van der Waals surface area contributed by atoms with Gasteiger partial charge >= 0.3 is 0 Å². The van der Waals surface area contributed by atoms with Gasteiger partial charge in [-0.3, -0.25) is 4.79 Å². The first kappa shape index (κ1) is 14.0. The first-order chi connectivity index (χ1) is 8.97. The lowest BCUT2D eigenvalue weighted by Gasteiger charge is -2.10. The van der Waals surface area contributed by atoms with E-state index in [4.69, 9.17) is 40.5 Å². The minimum Gasteiger partial charge on any atom is -0.399 e. The molecule has 2 aromatic rings. The number of carbonyl (C=O) groups is 1. The standard InChI is InChI=1S/C13H9Cl3N2O/c14-8-5-10(15)12(11(16)6-8)18-13(19)7-1-3-9(17)4-2-7/h1-6H,17H2,(H,18,19). The second-order valence-electron chi connectivity index (χ2n) is 3.82. The van der Waals surface area contributed by atoms with Crippen molar-refractivity contribution in [2.45, 2.75) is 0 Å². The Kier molecular flexibility index (Phi) is 4.20. The highest BCUT2D eigenvalue weighted by atomic mass is 35.5. The quantitative estimate of drug-likeness (QED) is 0.803. The molecule has 0 saturated heterocycles. The Bertz CT molecular complexity index is 603. The molecule has 3 nitrogen and oxygen atoms in total. The number of hydrogen-bond acceptors (Lipinski definition) is 2. The maximum atomic E-state index is 12.0. The van der Waals surface area contributed by atoms with Crippen LogP contribution in [0.15, 0.2) is 36.4 Å². The van der Waals surface area contributed by atoms with E-state index in [2.05, 4.69) is 5.32 Å². The van der Waals surface area contributed by atoms with Crippen LogP contribution in [-0.2, 0) is 0 Å². The molecule has 0 saturated carbocycles. The third kappa shape index (κ3) is 3.32. The fourth-order valence-corrected chi connectivity index (χ4v) is 2.39. The van der Waals surface area contributed by atoms with Crippen molar-refractivity contribution in [3.05, 3.63) is 57.0 Å². The molecule has 0 bridgehead atoms. The molecule has 0 aliphatic carbocycles. The molecule has 98 valence electrons. The number of carbonyl (C=O) groups excluding carboxylic acids is 1. The van der Waals surface area contributed by atoms with Gasteiger partial charge < -0.3 is 11.1 Å². The Hall–Kier alpha value is -1.42. The van der Waals surface area contributed by atoms with Gasteiger partial charge in [-0.1, -0.05) is 34.8 Å². The first-order valence-corrected chi connectivity index (χ1v) is 6.42. The molecule has 0 atom stereocenters. The molecule has 19 heavy (non-hydrogen) atoms. The summed E-state index contributed by atoms with van der Waals surface area (Å²) < 4.78 is 0. The van der Waals surface area contributed by atoms with Crippen LogP contribution in [0.4, 0.5) is 11.4 Å². The van der Waals surface area contributed by atoms with Crippen molar-refractivity contribution in [2.24, 2.45) is 0 Å². The Balaban J connectivity index is 2.26. The van der Waals surface area contributed by atoms with Crippen molar-refractivity contribution in [1.29, 1.82) is 0 Å². The molecule has 2 rings (SSSR count). The Morgan fingerprint density at radius 3 is 2.05 bits per heavy atom. The van der Waals surface area contributed by atoms with Gasteiger partial charge in [-0.2, -0.15) is 0 Å². The fourth-order valence-electron chi connectivity index (χ4n) is 1.48. The van der Waals surface area contributed by atoms with Crippen LogP contribution in [0.1, 0.15) is 10.4 Å². The van der Waals surface area contributed by atoms with E-state index in [-0.39, 0.29) is 16.0 Å². The Morgan fingerprint density at radius 1 is 1.00 bits per heavy atom. The molecular formula is C13H9Cl3N2O. The van der Waals surface area contributed by atoms with Crippen molar-refractivity contribution in [1.82, 2.24) is 0 Å². The number of nitrogen functional groups attached to an aromatic ring is 1. The summed E-state index contributed by atoms with van der Waals surface area (Å²) in [7, 11) is 0. The second-order valence-corrected chi connectivity index (χ2v) is 5.07. The van der Waals surface area contributed by atoms with E-state index in [1.165, 1.54) is 12.1 Å². The van der Waals surface area contributed by atoms with Crippen molar-refractivity contribution >= 4 is 52.1 Å². The Labute approximate surface area is 125 Å². The lowest BCUT2D eigenvalue weighted by Crippen LogP contribution is -2.12. The third-order valence-corrected chi connectivity index (χ3v) is 3.23. The molecular weight excluding hydrogens is 307 g/mol. The van der Waals surface area contributed by atoms with E-state index in [0.29, 0.717) is 22.0 Å². The number of anilines is 2. The van der Waals surface area contributed by atoms with Gasteiger partial charge in [0.2, 0.25) is 0 Å². The van der Waals surface area contributed by atoms with Crippen molar-refractivity contribution in [3.8, 4) is 0 Å². The lowest BCUT2D eigenvalue weighted by molar-refractivity contribution is 0.102. The molecule has 0 radical (unpaired) electrons. The minimum absolute atomic E-state index is 0.279. The zero-order valence-electron chi connectivity index (χ0n) is 9.58. The van der Waals surface area contributed by atoms with Crippen molar-refractivity contribution in [2.75, 3.05) is 11.1 Å². The molecule has 3 N–H and O–H groups in total. The molecule has 0 aromatic heterocycles. The summed E-state index contributed by atoms with van der Waals surface area (Å²) in [6, 6.07) is 9.52. The number of nitrogens with two attached hydrogens (primary N) is 1. The second kappa shape index (κ2) is 5.70. The van der Waals surface area contributed by atoms with Crippen LogP contribution in [0.3, 0.4) is 0 Å². The van der Waals surface area contributed by atoms with E-state index >= 15 is 0 Å². The molecule has 0 spiro atoms. The maximum absolute atomic E-state index is 12.0. The number of rotatable bonds is 2. The van der Waals surface area contributed by atoms with Gasteiger partial charge in [-0.25, -0.2) is 0 Å². The highest BCUT2D eigenvalue weighted by Gasteiger charge is 2.12. The van der Waals surface area contributed by atoms with Gasteiger partial charge in [0.05, 0.1) is 15.7 Å². The molecule has 0 unspecified atom stereocenters. The van der Waals surface area contributed by atoms with E-state index in [9.17, 15) is 4.79 Å². The van der Waals surface area contributed by atoms with E-state index in [1.807, 2.05) is 0 Å². The Morgan fingerprint density at radius 2 is 1.53 bits per heavy atom. The smallest absolute Gasteiger partial charge is 0.255 e. The van der Waals surface area contributed by atoms with Crippen molar-refractivity contribution < 1.29 is 4.79 Å². The van der Waals surface area contributed by atoms with Gasteiger partial charge in [-0.15, -0.1) is 0 Å². The normalized spacial score (nSPS) is 10.3. The van der Waals surface area contributed by atoms with E-state index < -0.39 is 0 Å². The number of nitrogens with one attached hydrogen (secondary N) is 1. The summed E-state index contributed by atoms with van der Waals surface area (Å²) in [6.07, 6.45) is 0. The van der Waals surface area contributed by atoms with Crippen molar-refractivity contribution in [3.63, 3.8) is 0 Å². The number of hydrogen-bond donors (Lipinski definition) is 2. The van der Waals surface area contributed by atoms with Crippen LogP contribution in [0.25, 0.3) is 0 Å². The summed E-state index contributed by atoms with van der Waals surface area (Å²) in [6.45, 7) is 0.